The van der Waals surface area contributed by atoms with Crippen LogP contribution < -0.4 is 10.6 Å². The number of nitrogens with zero attached hydrogens (tertiary/aromatic N) is 1. The van der Waals surface area contributed by atoms with Gasteiger partial charge in [-0.05, 0) is 32.0 Å². The van der Waals surface area contributed by atoms with Gasteiger partial charge in [0.1, 0.15) is 5.70 Å². The van der Waals surface area contributed by atoms with Crippen LogP contribution in [-0.2, 0) is 9.59 Å². The van der Waals surface area contributed by atoms with E-state index < -0.39 is 5.97 Å². The van der Waals surface area contributed by atoms with Crippen LogP contribution in [0.2, 0.25) is 0 Å². The highest BCUT2D eigenvalue weighted by Gasteiger charge is 2.47. The van der Waals surface area contributed by atoms with Crippen molar-refractivity contribution >= 4 is 41.0 Å². The Bertz CT molecular complexity index is 479. The minimum atomic E-state index is -1.01. The van der Waals surface area contributed by atoms with E-state index in [1.807, 2.05) is 6.92 Å². The molecular formula is C12H17N3O3S2. The second kappa shape index (κ2) is 6.45. The van der Waals surface area contributed by atoms with E-state index >= 15 is 0 Å². The van der Waals surface area contributed by atoms with Crippen LogP contribution in [0, 0.1) is 0 Å². The lowest BCUT2D eigenvalue weighted by Crippen LogP contribution is -2.48. The Morgan fingerprint density at radius 1 is 1.55 bits per heavy atom. The minimum Gasteiger partial charge on any atom is -0.477 e. The first kappa shape index (κ1) is 15.1. The quantitative estimate of drug-likeness (QED) is 0.381. The molecule has 2 aliphatic rings. The molecule has 110 valence electrons. The van der Waals surface area contributed by atoms with Crippen molar-refractivity contribution < 1.29 is 14.7 Å². The first-order valence-corrected chi connectivity index (χ1v) is 7.80. The van der Waals surface area contributed by atoms with E-state index in [-0.39, 0.29) is 17.0 Å². The zero-order chi connectivity index (χ0) is 14.7. The summed E-state index contributed by atoms with van der Waals surface area (Å²) < 4.78 is 0. The van der Waals surface area contributed by atoms with Gasteiger partial charge >= 0.3 is 5.97 Å². The summed E-state index contributed by atoms with van der Waals surface area (Å²) in [7, 11) is 0. The Morgan fingerprint density at radius 3 is 2.90 bits per heavy atom. The van der Waals surface area contributed by atoms with Gasteiger partial charge in [0.25, 0.3) is 0 Å². The molecule has 0 unspecified atom stereocenters. The number of rotatable bonds is 6. The van der Waals surface area contributed by atoms with Crippen molar-refractivity contribution in [2.75, 3.05) is 13.1 Å². The van der Waals surface area contributed by atoms with E-state index in [0.717, 1.165) is 17.9 Å². The molecule has 0 saturated carbocycles. The normalized spacial score (nSPS) is 20.6. The summed E-state index contributed by atoms with van der Waals surface area (Å²) in [6.07, 6.45) is 1.86. The number of hydrogen-bond donors (Lipinski definition) is 3. The average molecular weight is 315 g/mol. The molecule has 0 spiro atoms. The lowest BCUT2D eigenvalue weighted by Gasteiger charge is -2.33. The number of allylic oxidation sites excluding steroid dienone is 1. The molecule has 0 radical (unpaired) electrons. The maximum absolute atomic E-state index is 11.4. The molecule has 1 saturated heterocycles. The Morgan fingerprint density at radius 2 is 2.30 bits per heavy atom. The number of thiocarbonyl (C=S) groups is 1. The molecule has 1 fully saturated rings. The fourth-order valence-electron chi connectivity index (χ4n) is 2.18. The molecule has 1 atom stereocenters. The number of amides is 1. The molecule has 8 heteroatoms. The van der Waals surface area contributed by atoms with Gasteiger partial charge in [-0.25, -0.2) is 4.79 Å². The van der Waals surface area contributed by atoms with Crippen LogP contribution in [0.15, 0.2) is 10.6 Å². The average Bonchev–Trinajstić information content (AvgIpc) is 2.68. The zero-order valence-corrected chi connectivity index (χ0v) is 12.8. The van der Waals surface area contributed by atoms with Gasteiger partial charge in [-0.15, -0.1) is 11.8 Å². The predicted octanol–water partition coefficient (Wildman–Crippen LogP) is 0.852. The van der Waals surface area contributed by atoms with E-state index in [1.54, 1.807) is 0 Å². The van der Waals surface area contributed by atoms with Gasteiger partial charge in [-0.3, -0.25) is 9.69 Å². The van der Waals surface area contributed by atoms with Crippen LogP contribution >= 0.6 is 24.0 Å². The van der Waals surface area contributed by atoms with Crippen LogP contribution in [0.4, 0.5) is 0 Å². The van der Waals surface area contributed by atoms with Gasteiger partial charge < -0.3 is 15.7 Å². The first-order valence-electron chi connectivity index (χ1n) is 6.51. The second-order valence-corrected chi connectivity index (χ2v) is 6.19. The molecule has 0 aromatic heterocycles. The first-order chi connectivity index (χ1) is 9.54. The molecule has 1 amide bonds. The summed E-state index contributed by atoms with van der Waals surface area (Å²) in [4.78, 5) is 24.9. The highest BCUT2D eigenvalue weighted by molar-refractivity contribution is 8.04. The maximum atomic E-state index is 11.4. The highest BCUT2D eigenvalue weighted by Crippen LogP contribution is 2.47. The van der Waals surface area contributed by atoms with Gasteiger partial charge in [0.15, 0.2) is 5.11 Å². The molecule has 20 heavy (non-hydrogen) atoms. The monoisotopic (exact) mass is 315 g/mol. The Kier molecular flexibility index (Phi) is 4.87. The third-order valence-corrected chi connectivity index (χ3v) is 4.72. The van der Waals surface area contributed by atoms with Crippen LogP contribution in [0.1, 0.15) is 26.2 Å². The number of β-lactam (4-membered cyclic amide) rings is 1. The van der Waals surface area contributed by atoms with E-state index in [2.05, 4.69) is 10.6 Å². The Labute approximate surface area is 127 Å². The third-order valence-electron chi connectivity index (χ3n) is 3.10. The lowest BCUT2D eigenvalue weighted by molar-refractivity contribution is -0.145. The molecule has 0 aliphatic carbocycles. The Balaban J connectivity index is 1.85. The number of thioether (sulfide) groups is 1. The SMILES string of the molecule is CCNC(=S)NCCCC1=C(C(=O)O)N2C(=O)C[C@H]2S1. The number of hydrogen-bond acceptors (Lipinski definition) is 4. The van der Waals surface area contributed by atoms with E-state index in [0.29, 0.717) is 24.5 Å². The lowest BCUT2D eigenvalue weighted by atomic mass is 10.1. The van der Waals surface area contributed by atoms with Crippen LogP contribution in [0.5, 0.6) is 0 Å². The molecule has 2 rings (SSSR count). The van der Waals surface area contributed by atoms with Gasteiger partial charge in [0.2, 0.25) is 5.91 Å². The fraction of sp³-hybridized carbons (Fsp3) is 0.583. The number of carbonyl (C=O) groups is 2. The summed E-state index contributed by atoms with van der Waals surface area (Å²) >= 11 is 6.54. The van der Waals surface area contributed by atoms with E-state index in [9.17, 15) is 14.7 Å². The largest absolute Gasteiger partial charge is 0.477 e. The number of carbonyl (C=O) groups excluding carboxylic acids is 1. The molecule has 3 N–H and O–H groups in total. The summed E-state index contributed by atoms with van der Waals surface area (Å²) in [5.41, 5.74) is 0.172. The van der Waals surface area contributed by atoms with Crippen molar-refractivity contribution in [3.63, 3.8) is 0 Å². The number of carboxylic acids is 1. The Hall–Kier alpha value is -1.28. The van der Waals surface area contributed by atoms with Gasteiger partial charge in [-0.2, -0.15) is 0 Å². The summed E-state index contributed by atoms with van der Waals surface area (Å²) in [6.45, 7) is 3.42. The van der Waals surface area contributed by atoms with E-state index in [1.165, 1.54) is 16.7 Å². The predicted molar refractivity (Wildman–Crippen MR) is 81.0 cm³/mol. The van der Waals surface area contributed by atoms with Gasteiger partial charge in [-0.1, -0.05) is 0 Å². The van der Waals surface area contributed by atoms with Crippen LogP contribution in [0.3, 0.4) is 0 Å². The molecule has 6 nitrogen and oxygen atoms in total. The number of carboxylic acid groups (broad SMARTS) is 1. The molecule has 0 aromatic carbocycles. The van der Waals surface area contributed by atoms with Crippen molar-refractivity contribution in [2.45, 2.75) is 31.6 Å². The molecule has 2 heterocycles. The van der Waals surface area contributed by atoms with Crippen LogP contribution in [-0.4, -0.2) is 45.5 Å². The fourth-order valence-corrected chi connectivity index (χ4v) is 3.87. The number of nitrogens with one attached hydrogen (secondary N) is 2. The van der Waals surface area contributed by atoms with Crippen LogP contribution in [0.25, 0.3) is 0 Å². The summed E-state index contributed by atoms with van der Waals surface area (Å²) in [5, 5.41) is 15.9. The standard InChI is InChI=1S/C12H17N3O3S2/c1-2-13-12(19)14-5-3-4-7-10(11(17)18)15-8(16)6-9(15)20-7/h9H,2-6H2,1H3,(H,17,18)(H2,13,14,19)/t9-/m1/s1. The summed E-state index contributed by atoms with van der Waals surface area (Å²) in [6, 6.07) is 0. The molecular weight excluding hydrogens is 298 g/mol. The topological polar surface area (TPSA) is 81.7 Å². The van der Waals surface area contributed by atoms with Crippen molar-refractivity contribution in [1.82, 2.24) is 15.5 Å². The highest BCUT2D eigenvalue weighted by atomic mass is 32.2. The van der Waals surface area contributed by atoms with Crippen molar-refractivity contribution in [3.8, 4) is 0 Å². The molecule has 0 bridgehead atoms. The van der Waals surface area contributed by atoms with Crippen molar-refractivity contribution in [2.24, 2.45) is 0 Å². The maximum Gasteiger partial charge on any atom is 0.353 e. The second-order valence-electron chi connectivity index (χ2n) is 4.51. The number of aliphatic carboxylic acids is 1. The molecule has 0 aromatic rings. The van der Waals surface area contributed by atoms with Crippen molar-refractivity contribution in [1.29, 1.82) is 0 Å². The summed E-state index contributed by atoms with van der Waals surface area (Å²) in [5.74, 6) is -1.11. The minimum absolute atomic E-state index is 0.000561. The molecule has 2 aliphatic heterocycles. The third kappa shape index (κ3) is 3.06. The zero-order valence-electron chi connectivity index (χ0n) is 11.1. The van der Waals surface area contributed by atoms with E-state index in [4.69, 9.17) is 12.2 Å². The number of fused-ring (bicyclic) bond motifs is 1. The van der Waals surface area contributed by atoms with Gasteiger partial charge in [0.05, 0.1) is 11.8 Å². The smallest absolute Gasteiger partial charge is 0.353 e. The van der Waals surface area contributed by atoms with Gasteiger partial charge in [0, 0.05) is 18.0 Å². The van der Waals surface area contributed by atoms with Crippen molar-refractivity contribution in [3.05, 3.63) is 10.6 Å².